The van der Waals surface area contributed by atoms with E-state index in [4.69, 9.17) is 4.74 Å². The van der Waals surface area contributed by atoms with Crippen LogP contribution in [0.3, 0.4) is 0 Å². The Labute approximate surface area is 123 Å². The van der Waals surface area contributed by atoms with Crippen molar-refractivity contribution in [1.29, 1.82) is 0 Å². The van der Waals surface area contributed by atoms with Crippen LogP contribution in [-0.2, 0) is 24.1 Å². The molecule has 2 heterocycles. The van der Waals surface area contributed by atoms with Crippen molar-refractivity contribution in [1.82, 2.24) is 15.3 Å². The van der Waals surface area contributed by atoms with E-state index in [1.54, 1.807) is 0 Å². The molecule has 1 N–H and O–H groups in total. The van der Waals surface area contributed by atoms with Gasteiger partial charge in [0.25, 0.3) is 0 Å². The second-order valence-electron chi connectivity index (χ2n) is 4.99. The van der Waals surface area contributed by atoms with E-state index in [-0.39, 0.29) is 0 Å². The smallest absolute Gasteiger partial charge is 0.357 e. The van der Waals surface area contributed by atoms with Gasteiger partial charge in [0.05, 0.1) is 12.8 Å². The average molecular weight is 283 g/mol. The van der Waals surface area contributed by atoms with Crippen molar-refractivity contribution in [3.8, 4) is 0 Å². The summed E-state index contributed by atoms with van der Waals surface area (Å²) in [5.41, 5.74) is 3.34. The number of rotatable bonds is 3. The molecule has 1 aliphatic rings. The molecule has 3 rings (SSSR count). The van der Waals surface area contributed by atoms with Crippen molar-refractivity contribution in [3.63, 3.8) is 0 Å². The molecule has 0 saturated heterocycles. The lowest BCUT2D eigenvalue weighted by molar-refractivity contribution is 0.0591. The molecule has 2 aromatic rings. The molecule has 0 spiro atoms. The minimum atomic E-state index is -0.397. The van der Waals surface area contributed by atoms with Gasteiger partial charge in [-0.05, 0) is 5.56 Å². The highest BCUT2D eigenvalue weighted by molar-refractivity contribution is 5.89. The van der Waals surface area contributed by atoms with E-state index in [1.807, 2.05) is 30.3 Å². The molecule has 0 aliphatic carbocycles. The van der Waals surface area contributed by atoms with Crippen molar-refractivity contribution in [2.45, 2.75) is 19.4 Å². The molecule has 0 atom stereocenters. The van der Waals surface area contributed by atoms with Gasteiger partial charge in [-0.3, -0.25) is 0 Å². The Morgan fingerprint density at radius 2 is 2.10 bits per heavy atom. The monoisotopic (exact) mass is 283 g/mol. The zero-order valence-electron chi connectivity index (χ0n) is 11.9. The minimum Gasteiger partial charge on any atom is -0.464 e. The number of methoxy groups -OCH3 is 1. The Kier molecular flexibility index (Phi) is 3.92. The molecule has 1 aromatic carbocycles. The van der Waals surface area contributed by atoms with E-state index in [0.717, 1.165) is 29.8 Å². The van der Waals surface area contributed by atoms with Crippen LogP contribution in [0.5, 0.6) is 0 Å². The summed E-state index contributed by atoms with van der Waals surface area (Å²) < 4.78 is 4.85. The molecule has 1 aliphatic heterocycles. The Morgan fingerprint density at radius 3 is 2.86 bits per heavy atom. The van der Waals surface area contributed by atoms with Gasteiger partial charge in [-0.15, -0.1) is 0 Å². The van der Waals surface area contributed by atoms with Crippen molar-refractivity contribution >= 4 is 5.97 Å². The summed E-state index contributed by atoms with van der Waals surface area (Å²) in [6.45, 7) is 1.49. The standard InChI is InChI=1S/C16H17N3O2/c1-21-16(20)15-12-10-17-8-7-13(12)18-14(19-15)9-11-5-3-2-4-6-11/h2-6,17H,7-10H2,1H3. The number of ether oxygens (including phenoxy) is 1. The van der Waals surface area contributed by atoms with E-state index < -0.39 is 5.97 Å². The third kappa shape index (κ3) is 2.92. The molecular formula is C16H17N3O2. The Hall–Kier alpha value is -2.27. The van der Waals surface area contributed by atoms with Gasteiger partial charge in [-0.2, -0.15) is 0 Å². The van der Waals surface area contributed by atoms with Crippen molar-refractivity contribution < 1.29 is 9.53 Å². The molecule has 0 bridgehead atoms. The van der Waals surface area contributed by atoms with Crippen molar-refractivity contribution in [2.75, 3.05) is 13.7 Å². The third-order valence-electron chi connectivity index (χ3n) is 3.56. The zero-order valence-corrected chi connectivity index (χ0v) is 11.9. The van der Waals surface area contributed by atoms with Gasteiger partial charge in [-0.1, -0.05) is 30.3 Å². The lowest BCUT2D eigenvalue weighted by Crippen LogP contribution is -2.28. The quantitative estimate of drug-likeness (QED) is 0.865. The molecule has 21 heavy (non-hydrogen) atoms. The topological polar surface area (TPSA) is 64.1 Å². The van der Waals surface area contributed by atoms with Crippen LogP contribution in [0.2, 0.25) is 0 Å². The maximum Gasteiger partial charge on any atom is 0.357 e. The first-order valence-corrected chi connectivity index (χ1v) is 6.99. The first kappa shape index (κ1) is 13.7. The summed E-state index contributed by atoms with van der Waals surface area (Å²) in [6.07, 6.45) is 1.43. The number of hydrogen-bond donors (Lipinski definition) is 1. The van der Waals surface area contributed by atoms with Crippen LogP contribution in [0.25, 0.3) is 0 Å². The number of carbonyl (C=O) groups is 1. The first-order chi connectivity index (χ1) is 10.3. The SMILES string of the molecule is COC(=O)c1nc(Cc2ccccc2)nc2c1CNCC2. The molecule has 5 nitrogen and oxygen atoms in total. The van der Waals surface area contributed by atoms with Crippen LogP contribution in [-0.4, -0.2) is 29.6 Å². The number of esters is 1. The van der Waals surface area contributed by atoms with Crippen LogP contribution in [0.1, 0.15) is 33.1 Å². The summed E-state index contributed by atoms with van der Waals surface area (Å²) >= 11 is 0. The van der Waals surface area contributed by atoms with Crippen LogP contribution < -0.4 is 5.32 Å². The van der Waals surface area contributed by atoms with Gasteiger partial charge < -0.3 is 10.1 Å². The molecule has 0 unspecified atom stereocenters. The first-order valence-electron chi connectivity index (χ1n) is 6.99. The molecule has 0 fully saturated rings. The van der Waals surface area contributed by atoms with Gasteiger partial charge in [0.15, 0.2) is 5.69 Å². The molecule has 0 amide bonds. The van der Waals surface area contributed by atoms with Gasteiger partial charge in [-0.25, -0.2) is 14.8 Å². The highest BCUT2D eigenvalue weighted by atomic mass is 16.5. The van der Waals surface area contributed by atoms with Gasteiger partial charge >= 0.3 is 5.97 Å². The molecule has 0 saturated carbocycles. The lowest BCUT2D eigenvalue weighted by atomic mass is 10.0. The summed E-state index contributed by atoms with van der Waals surface area (Å²) in [7, 11) is 1.38. The number of hydrogen-bond acceptors (Lipinski definition) is 5. The van der Waals surface area contributed by atoms with Gasteiger partial charge in [0, 0.05) is 31.5 Å². The fourth-order valence-corrected chi connectivity index (χ4v) is 2.52. The molecule has 5 heteroatoms. The Balaban J connectivity index is 2.00. The second-order valence-corrected chi connectivity index (χ2v) is 4.99. The molecular weight excluding hydrogens is 266 g/mol. The molecule has 0 radical (unpaired) electrons. The highest BCUT2D eigenvalue weighted by Crippen LogP contribution is 2.18. The van der Waals surface area contributed by atoms with E-state index in [2.05, 4.69) is 15.3 Å². The number of benzene rings is 1. The van der Waals surface area contributed by atoms with Crippen molar-refractivity contribution in [3.05, 3.63) is 58.7 Å². The fraction of sp³-hybridized carbons (Fsp3) is 0.312. The number of carbonyl (C=O) groups excluding carboxylic acids is 1. The predicted molar refractivity (Wildman–Crippen MR) is 78.0 cm³/mol. The molecule has 108 valence electrons. The fourth-order valence-electron chi connectivity index (χ4n) is 2.52. The Bertz CT molecular complexity index is 656. The zero-order chi connectivity index (χ0) is 14.7. The third-order valence-corrected chi connectivity index (χ3v) is 3.56. The average Bonchev–Trinajstić information content (AvgIpc) is 2.54. The number of fused-ring (bicyclic) bond motifs is 1. The number of nitrogens with one attached hydrogen (secondary N) is 1. The van der Waals surface area contributed by atoms with Crippen molar-refractivity contribution in [2.24, 2.45) is 0 Å². The van der Waals surface area contributed by atoms with E-state index in [9.17, 15) is 4.79 Å². The van der Waals surface area contributed by atoms with Crippen LogP contribution in [0, 0.1) is 0 Å². The van der Waals surface area contributed by atoms with E-state index in [1.165, 1.54) is 7.11 Å². The van der Waals surface area contributed by atoms with E-state index in [0.29, 0.717) is 24.5 Å². The Morgan fingerprint density at radius 1 is 1.29 bits per heavy atom. The maximum absolute atomic E-state index is 11.9. The number of nitrogens with zero attached hydrogens (tertiary/aromatic N) is 2. The minimum absolute atomic E-state index is 0.389. The van der Waals surface area contributed by atoms with Crippen LogP contribution in [0.4, 0.5) is 0 Å². The summed E-state index contributed by atoms with van der Waals surface area (Å²) in [5, 5.41) is 3.24. The van der Waals surface area contributed by atoms with Gasteiger partial charge in [0.1, 0.15) is 5.82 Å². The largest absolute Gasteiger partial charge is 0.464 e. The lowest BCUT2D eigenvalue weighted by Gasteiger charge is -2.19. The number of aromatic nitrogens is 2. The highest BCUT2D eigenvalue weighted by Gasteiger charge is 2.22. The summed E-state index contributed by atoms with van der Waals surface area (Å²) in [6, 6.07) is 10.0. The normalized spacial score (nSPS) is 13.6. The van der Waals surface area contributed by atoms with Crippen LogP contribution in [0.15, 0.2) is 30.3 Å². The van der Waals surface area contributed by atoms with Crippen LogP contribution >= 0.6 is 0 Å². The summed E-state index contributed by atoms with van der Waals surface area (Å²) in [4.78, 5) is 21.0. The van der Waals surface area contributed by atoms with Gasteiger partial charge in [0.2, 0.25) is 0 Å². The van der Waals surface area contributed by atoms with E-state index >= 15 is 0 Å². The predicted octanol–water partition coefficient (Wildman–Crippen LogP) is 1.50. The maximum atomic E-state index is 11.9. The second kappa shape index (κ2) is 6.01. The molecule has 1 aromatic heterocycles. The summed E-state index contributed by atoms with van der Waals surface area (Å²) in [5.74, 6) is 0.272.